The summed E-state index contributed by atoms with van der Waals surface area (Å²) in [6.07, 6.45) is -3.92. The molecule has 2 unspecified atom stereocenters. The molecule has 1 saturated heterocycles. The van der Waals surface area contributed by atoms with Crippen LogP contribution in [-0.2, 0) is 24.1 Å². The average Bonchev–Trinajstić information content (AvgIpc) is 2.16. The van der Waals surface area contributed by atoms with E-state index in [0.717, 1.165) is 0 Å². The van der Waals surface area contributed by atoms with Crippen molar-refractivity contribution in [3.05, 3.63) is 0 Å². The highest BCUT2D eigenvalue weighted by atomic mass is 17.2. The van der Waals surface area contributed by atoms with Gasteiger partial charge < -0.3 is 14.9 Å². The first kappa shape index (κ1) is 9.90. The molecular formula is C6H8O7. The highest BCUT2D eigenvalue weighted by Gasteiger charge is 2.34. The van der Waals surface area contributed by atoms with E-state index in [-0.39, 0.29) is 13.2 Å². The largest absolute Gasteiger partial charge is 0.461 e. The van der Waals surface area contributed by atoms with Crippen molar-refractivity contribution in [3.63, 3.8) is 0 Å². The Bertz CT molecular complexity index is 191. The molecule has 7 nitrogen and oxygen atoms in total. The maximum Gasteiger partial charge on any atom is 0.373 e. The first-order valence-electron chi connectivity index (χ1n) is 3.49. The van der Waals surface area contributed by atoms with E-state index in [9.17, 15) is 9.59 Å². The Morgan fingerprint density at radius 1 is 1.08 bits per heavy atom. The maximum atomic E-state index is 10.8. The van der Waals surface area contributed by atoms with E-state index in [4.69, 9.17) is 10.2 Å². The van der Waals surface area contributed by atoms with Gasteiger partial charge in [0.25, 0.3) is 0 Å². The van der Waals surface area contributed by atoms with Crippen molar-refractivity contribution in [2.45, 2.75) is 12.2 Å². The number of carbonyl (C=O) groups is 2. The van der Waals surface area contributed by atoms with Crippen LogP contribution in [0.1, 0.15) is 0 Å². The van der Waals surface area contributed by atoms with Crippen molar-refractivity contribution in [1.29, 1.82) is 0 Å². The van der Waals surface area contributed by atoms with Crippen molar-refractivity contribution in [2.24, 2.45) is 0 Å². The first-order chi connectivity index (χ1) is 6.13. The van der Waals surface area contributed by atoms with Gasteiger partial charge in [0.1, 0.15) is 13.2 Å². The molecule has 1 aliphatic heterocycles. The highest BCUT2D eigenvalue weighted by molar-refractivity contribution is 5.85. The first-order valence-corrected chi connectivity index (χ1v) is 3.49. The molecule has 0 spiro atoms. The molecule has 7 heteroatoms. The van der Waals surface area contributed by atoms with Crippen LogP contribution in [0.2, 0.25) is 0 Å². The van der Waals surface area contributed by atoms with Crippen molar-refractivity contribution >= 4 is 11.9 Å². The fourth-order valence-electron chi connectivity index (χ4n) is 0.668. The summed E-state index contributed by atoms with van der Waals surface area (Å²) in [5.41, 5.74) is 0. The summed E-state index contributed by atoms with van der Waals surface area (Å²) in [5, 5.41) is 17.9. The third kappa shape index (κ3) is 2.38. The minimum atomic E-state index is -1.98. The second-order valence-electron chi connectivity index (χ2n) is 2.28. The molecule has 0 aliphatic carbocycles. The van der Waals surface area contributed by atoms with Gasteiger partial charge in [0, 0.05) is 0 Å². The molecule has 1 heterocycles. The van der Waals surface area contributed by atoms with E-state index in [1.54, 1.807) is 0 Å². The summed E-state index contributed by atoms with van der Waals surface area (Å²) >= 11 is 0. The Morgan fingerprint density at radius 2 is 1.69 bits per heavy atom. The fourth-order valence-corrected chi connectivity index (χ4v) is 0.668. The second kappa shape index (κ2) is 4.17. The second-order valence-corrected chi connectivity index (χ2v) is 2.28. The lowest BCUT2D eigenvalue weighted by Gasteiger charge is -2.11. The minimum absolute atomic E-state index is 0.142. The number of aliphatic hydroxyl groups excluding tert-OH is 2. The van der Waals surface area contributed by atoms with E-state index < -0.39 is 24.1 Å². The summed E-state index contributed by atoms with van der Waals surface area (Å²) in [4.78, 5) is 29.7. The van der Waals surface area contributed by atoms with Crippen LogP contribution >= 0.6 is 0 Å². The Morgan fingerprint density at radius 3 is 2.38 bits per heavy atom. The van der Waals surface area contributed by atoms with Crippen LogP contribution in [0.15, 0.2) is 0 Å². The van der Waals surface area contributed by atoms with Gasteiger partial charge in [-0.15, -0.1) is 0 Å². The Balaban J connectivity index is 2.68. The zero-order valence-corrected chi connectivity index (χ0v) is 6.50. The summed E-state index contributed by atoms with van der Waals surface area (Å²) in [6.45, 7) is -0.299. The zero-order valence-electron chi connectivity index (χ0n) is 6.50. The monoisotopic (exact) mass is 192 g/mol. The lowest BCUT2D eigenvalue weighted by Crippen LogP contribution is -2.40. The van der Waals surface area contributed by atoms with Crippen LogP contribution in [0.3, 0.4) is 0 Å². The van der Waals surface area contributed by atoms with Crippen LogP contribution in [-0.4, -0.2) is 47.6 Å². The average molecular weight is 192 g/mol. The van der Waals surface area contributed by atoms with E-state index >= 15 is 0 Å². The summed E-state index contributed by atoms with van der Waals surface area (Å²) in [7, 11) is 0. The van der Waals surface area contributed by atoms with Crippen molar-refractivity contribution in [3.8, 4) is 0 Å². The van der Waals surface area contributed by atoms with E-state index in [0.29, 0.717) is 0 Å². The smallest absolute Gasteiger partial charge is 0.373 e. The van der Waals surface area contributed by atoms with Gasteiger partial charge in [0.2, 0.25) is 0 Å². The number of aliphatic hydroxyl groups is 2. The molecule has 0 aromatic heterocycles. The topological polar surface area (TPSA) is 102 Å². The molecule has 1 aliphatic rings. The molecule has 0 saturated carbocycles. The van der Waals surface area contributed by atoms with Crippen LogP contribution in [0, 0.1) is 0 Å². The summed E-state index contributed by atoms with van der Waals surface area (Å²) in [6, 6.07) is 0. The van der Waals surface area contributed by atoms with Gasteiger partial charge in [0.15, 0.2) is 12.2 Å². The quantitative estimate of drug-likeness (QED) is 0.330. The molecule has 13 heavy (non-hydrogen) atoms. The SMILES string of the molecule is O=C1OCCOOC(=O)C(O)C1O. The Kier molecular flexibility index (Phi) is 3.18. The van der Waals surface area contributed by atoms with Gasteiger partial charge in [-0.1, -0.05) is 0 Å². The summed E-state index contributed by atoms with van der Waals surface area (Å²) < 4.78 is 4.39. The number of hydrogen-bond acceptors (Lipinski definition) is 7. The third-order valence-corrected chi connectivity index (χ3v) is 1.33. The van der Waals surface area contributed by atoms with Gasteiger partial charge in [-0.3, -0.25) is 4.89 Å². The predicted octanol–water partition coefficient (Wildman–Crippen LogP) is -2.26. The number of ether oxygens (including phenoxy) is 1. The van der Waals surface area contributed by atoms with Crippen LogP contribution in [0.25, 0.3) is 0 Å². The van der Waals surface area contributed by atoms with E-state index in [1.165, 1.54) is 0 Å². The molecule has 0 bridgehead atoms. The number of cyclic esters (lactones) is 1. The third-order valence-electron chi connectivity index (χ3n) is 1.33. The summed E-state index contributed by atoms with van der Waals surface area (Å²) in [5.74, 6) is -2.32. The molecule has 0 aromatic rings. The number of hydrogen-bond donors (Lipinski definition) is 2. The van der Waals surface area contributed by atoms with Gasteiger partial charge in [0.05, 0.1) is 0 Å². The van der Waals surface area contributed by atoms with Crippen LogP contribution in [0.4, 0.5) is 0 Å². The maximum absolute atomic E-state index is 10.8. The molecule has 0 radical (unpaired) electrons. The highest BCUT2D eigenvalue weighted by Crippen LogP contribution is 2.02. The van der Waals surface area contributed by atoms with Crippen LogP contribution < -0.4 is 0 Å². The van der Waals surface area contributed by atoms with Gasteiger partial charge in [-0.2, -0.15) is 4.89 Å². The van der Waals surface area contributed by atoms with Gasteiger partial charge >= 0.3 is 11.9 Å². The standard InChI is InChI=1S/C6H8O7/c7-3-4(8)6(10)13-12-2-1-11-5(3)9/h3-4,7-8H,1-2H2. The minimum Gasteiger partial charge on any atom is -0.461 e. The van der Waals surface area contributed by atoms with E-state index in [1.807, 2.05) is 0 Å². The Labute approximate surface area is 72.7 Å². The molecule has 1 fully saturated rings. The lowest BCUT2D eigenvalue weighted by atomic mass is 10.2. The Hall–Kier alpha value is -1.18. The molecule has 2 atom stereocenters. The lowest BCUT2D eigenvalue weighted by molar-refractivity contribution is -0.280. The number of rotatable bonds is 0. The van der Waals surface area contributed by atoms with E-state index in [2.05, 4.69) is 14.5 Å². The number of esters is 1. The molecule has 1 rings (SSSR count). The molecule has 2 N–H and O–H groups in total. The van der Waals surface area contributed by atoms with Crippen LogP contribution in [0.5, 0.6) is 0 Å². The number of carbonyl (C=O) groups excluding carboxylic acids is 2. The van der Waals surface area contributed by atoms with Gasteiger partial charge in [-0.25, -0.2) is 9.59 Å². The molecule has 74 valence electrons. The zero-order chi connectivity index (χ0) is 9.84. The fraction of sp³-hybridized carbons (Fsp3) is 0.667. The normalized spacial score (nSPS) is 30.9. The van der Waals surface area contributed by atoms with Crippen molar-refractivity contribution < 1.29 is 34.3 Å². The molecule has 0 aromatic carbocycles. The van der Waals surface area contributed by atoms with Crippen molar-refractivity contribution in [1.82, 2.24) is 0 Å². The molecular weight excluding hydrogens is 184 g/mol. The molecule has 0 amide bonds. The van der Waals surface area contributed by atoms with Gasteiger partial charge in [-0.05, 0) is 0 Å². The van der Waals surface area contributed by atoms with Crippen molar-refractivity contribution in [2.75, 3.05) is 13.2 Å². The predicted molar refractivity (Wildman–Crippen MR) is 35.0 cm³/mol.